The van der Waals surface area contributed by atoms with Gasteiger partial charge in [0.05, 0.1) is 10.7 Å². The molecule has 6 heteroatoms. The van der Waals surface area contributed by atoms with Crippen molar-refractivity contribution < 1.29 is 4.79 Å². The second-order valence-corrected chi connectivity index (χ2v) is 5.15. The van der Waals surface area contributed by atoms with Crippen molar-refractivity contribution in [3.05, 3.63) is 44.9 Å². The first kappa shape index (κ1) is 12.4. The van der Waals surface area contributed by atoms with Crippen molar-refractivity contribution in [2.24, 2.45) is 0 Å². The van der Waals surface area contributed by atoms with Crippen LogP contribution in [0.15, 0.2) is 33.6 Å². The highest BCUT2D eigenvalue weighted by Crippen LogP contribution is 2.20. The van der Waals surface area contributed by atoms with E-state index >= 15 is 0 Å². The molecular weight excluding hydrogens is 350 g/mol. The minimum atomic E-state index is -0.0926. The lowest BCUT2D eigenvalue weighted by atomic mass is 10.1. The van der Waals surface area contributed by atoms with Crippen LogP contribution in [0.1, 0.15) is 23.0 Å². The Balaban J connectivity index is 2.47. The highest BCUT2D eigenvalue weighted by Gasteiger charge is 2.18. The number of aromatic nitrogens is 3. The van der Waals surface area contributed by atoms with Gasteiger partial charge in [-0.2, -0.15) is 5.10 Å². The van der Waals surface area contributed by atoms with E-state index in [0.717, 1.165) is 4.47 Å². The van der Waals surface area contributed by atoms with Crippen LogP contribution in [-0.4, -0.2) is 20.5 Å². The zero-order valence-corrected chi connectivity index (χ0v) is 12.2. The first-order chi connectivity index (χ1) is 8.13. The summed E-state index contributed by atoms with van der Waals surface area (Å²) in [5, 5.41) is 4.12. The van der Waals surface area contributed by atoms with Gasteiger partial charge >= 0.3 is 0 Å². The molecular formula is C11H9Br2N3O. The van der Waals surface area contributed by atoms with E-state index in [9.17, 15) is 4.79 Å². The highest BCUT2D eigenvalue weighted by molar-refractivity contribution is 9.10. The Kier molecular flexibility index (Phi) is 3.73. The summed E-state index contributed by atoms with van der Waals surface area (Å²) < 4.78 is 3.14. The third-order valence-electron chi connectivity index (χ3n) is 2.28. The van der Waals surface area contributed by atoms with Crippen LogP contribution in [0.3, 0.4) is 0 Å². The fourth-order valence-electron chi connectivity index (χ4n) is 1.50. The van der Waals surface area contributed by atoms with Crippen LogP contribution < -0.4 is 0 Å². The van der Waals surface area contributed by atoms with E-state index in [0.29, 0.717) is 22.3 Å². The Morgan fingerprint density at radius 1 is 1.35 bits per heavy atom. The summed E-state index contributed by atoms with van der Waals surface area (Å²) in [6.45, 7) is 2.59. The molecule has 0 radical (unpaired) electrons. The molecule has 0 bridgehead atoms. The molecule has 2 aromatic heterocycles. The van der Waals surface area contributed by atoms with Crippen molar-refractivity contribution in [1.82, 2.24) is 14.8 Å². The first-order valence-corrected chi connectivity index (χ1v) is 6.58. The van der Waals surface area contributed by atoms with Crippen molar-refractivity contribution in [2.75, 3.05) is 0 Å². The van der Waals surface area contributed by atoms with E-state index in [2.05, 4.69) is 41.9 Å². The molecule has 0 unspecified atom stereocenters. The maximum absolute atomic E-state index is 12.3. The van der Waals surface area contributed by atoms with Gasteiger partial charge in [-0.25, -0.2) is 0 Å². The second-order valence-electron chi connectivity index (χ2n) is 3.38. The zero-order chi connectivity index (χ0) is 12.4. The van der Waals surface area contributed by atoms with Gasteiger partial charge in [0.2, 0.25) is 5.78 Å². The predicted octanol–water partition coefficient (Wildman–Crippen LogP) is 3.05. The Bertz CT molecular complexity index is 566. The van der Waals surface area contributed by atoms with E-state index in [1.54, 1.807) is 29.3 Å². The van der Waals surface area contributed by atoms with Crippen molar-refractivity contribution in [3.63, 3.8) is 0 Å². The van der Waals surface area contributed by atoms with Crippen molar-refractivity contribution >= 4 is 37.6 Å². The third kappa shape index (κ3) is 2.47. The van der Waals surface area contributed by atoms with Gasteiger partial charge < -0.3 is 0 Å². The average molecular weight is 359 g/mol. The molecule has 0 aromatic carbocycles. The molecule has 2 aromatic rings. The second kappa shape index (κ2) is 5.10. The predicted molar refractivity (Wildman–Crippen MR) is 71.0 cm³/mol. The van der Waals surface area contributed by atoms with Gasteiger partial charge in [0.25, 0.3) is 0 Å². The largest absolute Gasteiger partial charge is 0.287 e. The highest BCUT2D eigenvalue weighted by atomic mass is 79.9. The molecule has 0 amide bonds. The smallest absolute Gasteiger partial charge is 0.213 e. The number of hydrogen-bond donors (Lipinski definition) is 0. The van der Waals surface area contributed by atoms with Crippen LogP contribution in [-0.2, 0) is 6.54 Å². The average Bonchev–Trinajstić information content (AvgIpc) is 2.69. The summed E-state index contributed by atoms with van der Waals surface area (Å²) >= 11 is 6.64. The van der Waals surface area contributed by atoms with E-state index in [1.807, 2.05) is 6.92 Å². The summed E-state index contributed by atoms with van der Waals surface area (Å²) in [6, 6.07) is 1.74. The summed E-state index contributed by atoms with van der Waals surface area (Å²) in [6.07, 6.45) is 4.82. The monoisotopic (exact) mass is 357 g/mol. The molecule has 0 N–H and O–H groups in total. The lowest BCUT2D eigenvalue weighted by Gasteiger charge is -2.04. The van der Waals surface area contributed by atoms with Crippen LogP contribution in [0.25, 0.3) is 0 Å². The molecule has 2 rings (SSSR count). The zero-order valence-electron chi connectivity index (χ0n) is 9.02. The maximum atomic E-state index is 12.3. The normalized spacial score (nSPS) is 10.5. The molecule has 0 aliphatic rings. The van der Waals surface area contributed by atoms with Crippen LogP contribution in [0.2, 0.25) is 0 Å². The Hall–Kier alpha value is -1.01. The van der Waals surface area contributed by atoms with Crippen LogP contribution in [0, 0.1) is 0 Å². The molecule has 0 spiro atoms. The van der Waals surface area contributed by atoms with Crippen molar-refractivity contribution in [3.8, 4) is 0 Å². The van der Waals surface area contributed by atoms with Gasteiger partial charge in [-0.15, -0.1) is 0 Å². The molecule has 0 saturated carbocycles. The molecule has 0 aliphatic carbocycles. The van der Waals surface area contributed by atoms with Crippen LogP contribution >= 0.6 is 31.9 Å². The van der Waals surface area contributed by atoms with Crippen LogP contribution in [0.4, 0.5) is 0 Å². The number of aryl methyl sites for hydroxylation is 1. The number of ketones is 1. The quantitative estimate of drug-likeness (QED) is 0.792. The number of hydrogen-bond acceptors (Lipinski definition) is 3. The molecule has 88 valence electrons. The molecule has 0 saturated heterocycles. The molecule has 4 nitrogen and oxygen atoms in total. The van der Waals surface area contributed by atoms with Gasteiger partial charge in [0.15, 0.2) is 0 Å². The molecule has 17 heavy (non-hydrogen) atoms. The molecule has 0 fully saturated rings. The number of pyridine rings is 1. The standard InChI is InChI=1S/C11H9Br2N3O/c1-2-16-10(9(13)6-15-16)11(17)7-3-8(12)5-14-4-7/h3-6H,2H2,1H3. The van der Waals surface area contributed by atoms with Crippen molar-refractivity contribution in [2.45, 2.75) is 13.5 Å². The number of rotatable bonds is 3. The number of nitrogens with zero attached hydrogens (tertiary/aromatic N) is 3. The van der Waals surface area contributed by atoms with E-state index in [1.165, 1.54) is 0 Å². The lowest BCUT2D eigenvalue weighted by molar-refractivity contribution is 0.102. The van der Waals surface area contributed by atoms with E-state index in [-0.39, 0.29) is 5.78 Å². The number of carbonyl (C=O) groups is 1. The minimum absolute atomic E-state index is 0.0926. The van der Waals surface area contributed by atoms with Gasteiger partial charge in [-0.1, -0.05) is 0 Å². The summed E-state index contributed by atoms with van der Waals surface area (Å²) in [5.41, 5.74) is 1.09. The molecule has 0 atom stereocenters. The third-order valence-corrected chi connectivity index (χ3v) is 3.29. The van der Waals surface area contributed by atoms with E-state index in [4.69, 9.17) is 0 Å². The number of halogens is 2. The van der Waals surface area contributed by atoms with Crippen molar-refractivity contribution in [1.29, 1.82) is 0 Å². The minimum Gasteiger partial charge on any atom is -0.287 e. The van der Waals surface area contributed by atoms with Gasteiger partial charge in [0.1, 0.15) is 5.69 Å². The number of carbonyl (C=O) groups excluding carboxylic acids is 1. The fourth-order valence-corrected chi connectivity index (χ4v) is 2.34. The van der Waals surface area contributed by atoms with Crippen LogP contribution in [0.5, 0.6) is 0 Å². The molecule has 2 heterocycles. The van der Waals surface area contributed by atoms with Gasteiger partial charge in [-0.3, -0.25) is 14.5 Å². The Morgan fingerprint density at radius 2 is 2.12 bits per heavy atom. The van der Waals surface area contributed by atoms with Gasteiger partial charge in [0, 0.05) is 29.0 Å². The summed E-state index contributed by atoms with van der Waals surface area (Å²) in [5.74, 6) is -0.0926. The first-order valence-electron chi connectivity index (χ1n) is 5.00. The summed E-state index contributed by atoms with van der Waals surface area (Å²) in [4.78, 5) is 16.3. The summed E-state index contributed by atoms with van der Waals surface area (Å²) in [7, 11) is 0. The van der Waals surface area contributed by atoms with Gasteiger partial charge in [-0.05, 0) is 44.8 Å². The Morgan fingerprint density at radius 3 is 2.76 bits per heavy atom. The SMILES string of the molecule is CCn1ncc(Br)c1C(=O)c1cncc(Br)c1. The fraction of sp³-hybridized carbons (Fsp3) is 0.182. The topological polar surface area (TPSA) is 47.8 Å². The molecule has 0 aliphatic heterocycles. The maximum Gasteiger partial charge on any atom is 0.213 e. The lowest BCUT2D eigenvalue weighted by Crippen LogP contribution is -2.11. The Labute approximate surface area is 115 Å². The van der Waals surface area contributed by atoms with E-state index < -0.39 is 0 Å².